The number of aromatic nitrogens is 4. The first kappa shape index (κ1) is 42.9. The van der Waals surface area contributed by atoms with E-state index in [1.165, 1.54) is 25.3 Å². The van der Waals surface area contributed by atoms with Gasteiger partial charge >= 0.3 is 6.09 Å². The van der Waals surface area contributed by atoms with Gasteiger partial charge in [-0.05, 0) is 99.3 Å². The summed E-state index contributed by atoms with van der Waals surface area (Å²) in [5.41, 5.74) is -1.26. The molecule has 0 radical (unpaired) electrons. The van der Waals surface area contributed by atoms with E-state index in [9.17, 15) is 35.6 Å². The number of halogens is 6. The van der Waals surface area contributed by atoms with Gasteiger partial charge in [0, 0.05) is 17.0 Å². The third-order valence-electron chi connectivity index (χ3n) is 9.55. The summed E-state index contributed by atoms with van der Waals surface area (Å²) in [4.78, 5) is 33.2. The molecular weight excluding hydrogens is 896 g/mol. The van der Waals surface area contributed by atoms with Crippen LogP contribution in [0.15, 0.2) is 82.1 Å². The number of alkyl carbamates (subject to hydrolysis) is 1. The molecule has 6 aromatic rings. The molecule has 1 saturated carbocycles. The molecule has 1 fully saturated rings. The van der Waals surface area contributed by atoms with Gasteiger partial charge in [-0.3, -0.25) is 14.0 Å². The molecule has 19 heteroatoms. The van der Waals surface area contributed by atoms with Crippen LogP contribution in [0, 0.1) is 11.6 Å². The zero-order chi connectivity index (χ0) is 43.3. The Hall–Kier alpha value is -5.20. The lowest BCUT2D eigenvalue weighted by Gasteiger charge is -2.26. The van der Waals surface area contributed by atoms with Crippen LogP contribution in [0.5, 0.6) is 5.75 Å². The van der Waals surface area contributed by atoms with E-state index in [4.69, 9.17) is 26.1 Å². The highest BCUT2D eigenvalue weighted by atomic mass is 79.9. The first-order chi connectivity index (χ1) is 28.3. The Balaban J connectivity index is 1.53. The van der Waals surface area contributed by atoms with Crippen LogP contribution in [0.4, 0.5) is 28.2 Å². The van der Waals surface area contributed by atoms with Crippen molar-refractivity contribution in [3.8, 4) is 11.4 Å². The molecule has 2 heterocycles. The number of hydrogen-bond acceptors (Lipinski definition) is 8. The van der Waals surface area contributed by atoms with Gasteiger partial charge in [0.05, 0.1) is 57.5 Å². The second kappa shape index (κ2) is 16.7. The van der Waals surface area contributed by atoms with E-state index in [1.54, 1.807) is 57.2 Å². The van der Waals surface area contributed by atoms with Crippen molar-refractivity contribution >= 4 is 71.3 Å². The first-order valence-electron chi connectivity index (χ1n) is 18.6. The minimum atomic E-state index is -4.16. The van der Waals surface area contributed by atoms with Gasteiger partial charge in [0.25, 0.3) is 12.0 Å². The molecule has 1 aliphatic rings. The molecule has 7 rings (SSSR count). The van der Waals surface area contributed by atoms with Crippen molar-refractivity contribution < 1.29 is 40.2 Å². The SMILES string of the molecule is COc1ccc(CN(c2nn(CC(F)F)c3c(-n4c([C@H](Cc5cc(F)cc(F)c5)NC(=O)OC(C)(C)C)nc5cc(Br)ccc5c4=O)ccc(Cl)c23)S(=O)(=O)C2CC2)cc1. The third-order valence-corrected chi connectivity index (χ3v) is 12.6. The lowest BCUT2D eigenvalue weighted by molar-refractivity contribution is 0.0500. The molecule has 316 valence electrons. The summed E-state index contributed by atoms with van der Waals surface area (Å²) in [6.45, 7) is 3.56. The summed E-state index contributed by atoms with van der Waals surface area (Å²) in [5.74, 6) is -1.74. The van der Waals surface area contributed by atoms with Crippen molar-refractivity contribution in [1.82, 2.24) is 24.6 Å². The monoisotopic (exact) mass is 932 g/mol. The molecule has 1 amide bonds. The number of nitrogens with one attached hydrogen (secondary N) is 1. The predicted molar refractivity (Wildman–Crippen MR) is 223 cm³/mol. The molecule has 1 N–H and O–H groups in total. The molecule has 2 aromatic heterocycles. The van der Waals surface area contributed by atoms with Gasteiger partial charge in [0.1, 0.15) is 35.4 Å². The number of nitrogens with zero attached hydrogens (tertiary/aromatic N) is 5. The molecule has 4 aromatic carbocycles. The van der Waals surface area contributed by atoms with Crippen molar-refractivity contribution in [2.75, 3.05) is 11.4 Å². The van der Waals surface area contributed by atoms with Gasteiger partial charge in [-0.25, -0.2) is 40.1 Å². The second-order valence-electron chi connectivity index (χ2n) is 15.2. The van der Waals surface area contributed by atoms with E-state index in [1.807, 2.05) is 0 Å². The van der Waals surface area contributed by atoms with Crippen LogP contribution in [-0.4, -0.2) is 58.2 Å². The highest BCUT2D eigenvalue weighted by molar-refractivity contribution is 9.10. The number of carbonyl (C=O) groups is 1. The quantitative estimate of drug-likeness (QED) is 0.113. The van der Waals surface area contributed by atoms with Gasteiger partial charge in [-0.1, -0.05) is 39.7 Å². The fourth-order valence-corrected chi connectivity index (χ4v) is 9.23. The number of hydrogen-bond donors (Lipinski definition) is 1. The fraction of sp³-hybridized carbons (Fsp3) is 0.317. The number of carbonyl (C=O) groups excluding carboxylic acids is 1. The number of amides is 1. The fourth-order valence-electron chi connectivity index (χ4n) is 6.85. The van der Waals surface area contributed by atoms with E-state index in [2.05, 4.69) is 26.3 Å². The van der Waals surface area contributed by atoms with E-state index in [-0.39, 0.29) is 62.7 Å². The van der Waals surface area contributed by atoms with Crippen LogP contribution in [-0.2, 0) is 34.3 Å². The Kier molecular flexibility index (Phi) is 11.9. The zero-order valence-electron chi connectivity index (χ0n) is 32.6. The number of anilines is 1. The molecule has 0 saturated heterocycles. The Bertz CT molecular complexity index is 2780. The number of ether oxygens (including phenoxy) is 2. The minimum absolute atomic E-state index is 0.0643. The van der Waals surface area contributed by atoms with Crippen molar-refractivity contribution in [1.29, 1.82) is 0 Å². The van der Waals surface area contributed by atoms with Gasteiger partial charge in [-0.2, -0.15) is 5.10 Å². The molecule has 0 bridgehead atoms. The number of methoxy groups -OCH3 is 1. The lowest BCUT2D eigenvalue weighted by atomic mass is 10.0. The van der Waals surface area contributed by atoms with Crippen LogP contribution in [0.1, 0.15) is 56.6 Å². The summed E-state index contributed by atoms with van der Waals surface area (Å²) < 4.78 is 101. The topological polar surface area (TPSA) is 138 Å². The van der Waals surface area contributed by atoms with Crippen LogP contribution < -0.4 is 19.9 Å². The van der Waals surface area contributed by atoms with Crippen LogP contribution in [0.3, 0.4) is 0 Å². The Morgan fingerprint density at radius 2 is 1.70 bits per heavy atom. The second-order valence-corrected chi connectivity index (χ2v) is 18.7. The summed E-state index contributed by atoms with van der Waals surface area (Å²) in [6, 6.07) is 15.4. The van der Waals surface area contributed by atoms with Crippen LogP contribution >= 0.6 is 27.5 Å². The van der Waals surface area contributed by atoms with Crippen molar-refractivity contribution in [3.05, 3.63) is 121 Å². The predicted octanol–water partition coefficient (Wildman–Crippen LogP) is 9.01. The Morgan fingerprint density at radius 1 is 1.02 bits per heavy atom. The first-order valence-corrected chi connectivity index (χ1v) is 21.3. The van der Waals surface area contributed by atoms with Crippen molar-refractivity contribution in [2.24, 2.45) is 0 Å². The van der Waals surface area contributed by atoms with Gasteiger partial charge in [0.2, 0.25) is 10.0 Å². The largest absolute Gasteiger partial charge is 0.497 e. The third kappa shape index (κ3) is 9.10. The average Bonchev–Trinajstić information content (AvgIpc) is 3.96. The van der Waals surface area contributed by atoms with Crippen LogP contribution in [0.2, 0.25) is 5.02 Å². The molecule has 0 spiro atoms. The zero-order valence-corrected chi connectivity index (χ0v) is 35.7. The summed E-state index contributed by atoms with van der Waals surface area (Å²) >= 11 is 10.3. The summed E-state index contributed by atoms with van der Waals surface area (Å²) in [6.07, 6.45) is -3.59. The average molecular weight is 934 g/mol. The minimum Gasteiger partial charge on any atom is -0.497 e. The number of sulfonamides is 1. The number of rotatable bonds is 13. The van der Waals surface area contributed by atoms with E-state index in [0.29, 0.717) is 34.7 Å². The molecule has 60 heavy (non-hydrogen) atoms. The normalized spacial score (nSPS) is 13.8. The highest BCUT2D eigenvalue weighted by Gasteiger charge is 2.42. The molecular formula is C41H38BrClF4N6O6S. The smallest absolute Gasteiger partial charge is 0.408 e. The highest BCUT2D eigenvalue weighted by Crippen LogP contribution is 2.42. The number of fused-ring (bicyclic) bond motifs is 2. The lowest BCUT2D eigenvalue weighted by Crippen LogP contribution is -2.39. The summed E-state index contributed by atoms with van der Waals surface area (Å²) in [5, 5.41) is 6.36. The van der Waals surface area contributed by atoms with Crippen LogP contribution in [0.25, 0.3) is 27.5 Å². The maximum Gasteiger partial charge on any atom is 0.408 e. The maximum atomic E-state index is 14.9. The molecule has 1 aliphatic carbocycles. The van der Waals surface area contributed by atoms with Crippen molar-refractivity contribution in [3.63, 3.8) is 0 Å². The Morgan fingerprint density at radius 3 is 2.32 bits per heavy atom. The molecule has 0 unspecified atom stereocenters. The number of alkyl halides is 2. The summed E-state index contributed by atoms with van der Waals surface area (Å²) in [7, 11) is -2.67. The molecule has 12 nitrogen and oxygen atoms in total. The van der Waals surface area contributed by atoms with E-state index in [0.717, 1.165) is 25.7 Å². The Labute approximate surface area is 355 Å². The molecule has 1 atom stereocenters. The van der Waals surface area contributed by atoms with Gasteiger partial charge in [0.15, 0.2) is 5.82 Å². The van der Waals surface area contributed by atoms with E-state index >= 15 is 0 Å². The van der Waals surface area contributed by atoms with E-state index < -0.39 is 63.2 Å². The standard InChI is InChI=1S/C41H38BrClF4N6O6S/c1-41(2,3)59-40(55)49-32(17-23-15-25(44)19-26(45)16-23)37-48-31-18-24(42)7-12-29(31)39(54)53(37)33-14-13-30(43)35-36(33)51(21-34(46)47)50-38(35)52(60(56,57)28-10-11-28)20-22-5-8-27(58-4)9-6-22/h5-9,12-16,18-19,28,32,34H,10-11,17,20-21H2,1-4H3,(H,49,55)/t32-/m0/s1. The molecule has 0 aliphatic heterocycles. The van der Waals surface area contributed by atoms with Gasteiger partial charge in [-0.15, -0.1) is 0 Å². The maximum absolute atomic E-state index is 14.9. The van der Waals surface area contributed by atoms with Gasteiger partial charge < -0.3 is 14.8 Å². The number of benzene rings is 4. The van der Waals surface area contributed by atoms with Crippen molar-refractivity contribution in [2.45, 2.75) is 76.4 Å².